The standard InChI is InChI=1S/C35H41NO7Si/c1-6-35(32(38)41-25-28-18-12-8-13-19-28)34(2,43-44(3,4)5)30(22-23-40-24-27-16-10-7-11-17-27)31(37)36(35)33(39)42-26-29-20-14-9-15-21-29/h6-21,30H,1,22-26H2,2-5H3/t30-,34-,35-/m0/s1. The number of likely N-dealkylation sites (tertiary alicyclic amines) is 1. The summed E-state index contributed by atoms with van der Waals surface area (Å²) in [5, 5.41) is 0. The van der Waals surface area contributed by atoms with Gasteiger partial charge in [-0.1, -0.05) is 97.1 Å². The van der Waals surface area contributed by atoms with Crippen LogP contribution >= 0.6 is 0 Å². The summed E-state index contributed by atoms with van der Waals surface area (Å²) < 4.78 is 24.2. The summed E-state index contributed by atoms with van der Waals surface area (Å²) in [6, 6.07) is 28.0. The molecule has 232 valence electrons. The van der Waals surface area contributed by atoms with E-state index in [2.05, 4.69) is 6.58 Å². The monoisotopic (exact) mass is 615 g/mol. The minimum atomic E-state index is -2.47. The number of carbonyl (C=O) groups excluding carboxylic acids is 3. The zero-order valence-corrected chi connectivity index (χ0v) is 26.9. The van der Waals surface area contributed by atoms with Crippen molar-refractivity contribution in [3.8, 4) is 0 Å². The summed E-state index contributed by atoms with van der Waals surface area (Å²) in [6.07, 6.45) is 0.511. The number of hydrogen-bond donors (Lipinski definition) is 0. The van der Waals surface area contributed by atoms with Crippen LogP contribution in [0.3, 0.4) is 0 Å². The van der Waals surface area contributed by atoms with Gasteiger partial charge in [-0.25, -0.2) is 14.5 Å². The molecule has 0 N–H and O–H groups in total. The molecule has 0 spiro atoms. The van der Waals surface area contributed by atoms with Crippen LogP contribution in [0.15, 0.2) is 104 Å². The van der Waals surface area contributed by atoms with Crippen molar-refractivity contribution in [2.24, 2.45) is 5.92 Å². The van der Waals surface area contributed by atoms with Crippen LogP contribution < -0.4 is 0 Å². The Kier molecular flexibility index (Phi) is 10.6. The molecule has 3 aromatic carbocycles. The van der Waals surface area contributed by atoms with Gasteiger partial charge in [0.1, 0.15) is 18.8 Å². The second-order valence-electron chi connectivity index (χ2n) is 11.9. The number of nitrogens with zero attached hydrogens (tertiary/aromatic N) is 1. The smallest absolute Gasteiger partial charge is 0.418 e. The topological polar surface area (TPSA) is 91.4 Å². The van der Waals surface area contributed by atoms with E-state index in [1.165, 1.54) is 6.08 Å². The number of hydrogen-bond acceptors (Lipinski definition) is 7. The Hall–Kier alpha value is -4.05. The first-order valence-electron chi connectivity index (χ1n) is 14.7. The Morgan fingerprint density at radius 1 is 0.818 bits per heavy atom. The summed E-state index contributed by atoms with van der Waals surface area (Å²) in [4.78, 5) is 43.3. The van der Waals surface area contributed by atoms with Crippen LogP contribution in [-0.2, 0) is 48.0 Å². The Morgan fingerprint density at radius 3 is 1.77 bits per heavy atom. The molecule has 0 unspecified atom stereocenters. The molecular formula is C35H41NO7Si. The zero-order chi connectivity index (χ0) is 31.8. The molecule has 1 heterocycles. The number of benzene rings is 3. The second-order valence-corrected chi connectivity index (χ2v) is 16.4. The highest BCUT2D eigenvalue weighted by Gasteiger charge is 2.73. The van der Waals surface area contributed by atoms with Crippen molar-refractivity contribution in [2.75, 3.05) is 6.61 Å². The van der Waals surface area contributed by atoms with Gasteiger partial charge in [-0.15, -0.1) is 6.58 Å². The number of rotatable bonds is 13. The van der Waals surface area contributed by atoms with Gasteiger partial charge in [0.25, 0.3) is 0 Å². The van der Waals surface area contributed by atoms with Crippen LogP contribution in [0.4, 0.5) is 4.79 Å². The van der Waals surface area contributed by atoms with Gasteiger partial charge in [0, 0.05) is 6.61 Å². The van der Waals surface area contributed by atoms with Crippen molar-refractivity contribution in [1.29, 1.82) is 0 Å². The first-order valence-corrected chi connectivity index (χ1v) is 18.1. The van der Waals surface area contributed by atoms with Gasteiger partial charge < -0.3 is 18.6 Å². The second kappa shape index (κ2) is 14.2. The molecule has 1 aliphatic rings. The largest absolute Gasteiger partial charge is 0.459 e. The van der Waals surface area contributed by atoms with Crippen LogP contribution in [0.5, 0.6) is 0 Å². The maximum absolute atomic E-state index is 14.3. The van der Waals surface area contributed by atoms with Gasteiger partial charge in [0.05, 0.1) is 12.5 Å². The van der Waals surface area contributed by atoms with E-state index < -0.39 is 43.3 Å². The van der Waals surface area contributed by atoms with Crippen LogP contribution in [-0.4, -0.2) is 48.9 Å². The maximum atomic E-state index is 14.3. The third-order valence-corrected chi connectivity index (χ3v) is 8.72. The number of ether oxygens (including phenoxy) is 3. The number of amides is 2. The molecule has 0 radical (unpaired) electrons. The minimum absolute atomic E-state index is 0.0652. The van der Waals surface area contributed by atoms with Crippen molar-refractivity contribution in [1.82, 2.24) is 4.90 Å². The Labute approximate surface area is 260 Å². The lowest BCUT2D eigenvalue weighted by Gasteiger charge is -2.46. The minimum Gasteiger partial charge on any atom is -0.459 e. The number of esters is 1. The van der Waals surface area contributed by atoms with Gasteiger partial charge in [0.15, 0.2) is 13.9 Å². The molecule has 3 aromatic rings. The van der Waals surface area contributed by atoms with Gasteiger partial charge in [-0.3, -0.25) is 4.79 Å². The van der Waals surface area contributed by atoms with Crippen molar-refractivity contribution in [2.45, 2.75) is 63.9 Å². The predicted octanol–water partition coefficient (Wildman–Crippen LogP) is 6.67. The molecule has 9 heteroatoms. The molecule has 0 bridgehead atoms. The summed E-state index contributed by atoms with van der Waals surface area (Å²) in [5.74, 6) is -2.37. The fraction of sp³-hybridized carbons (Fsp3) is 0.343. The van der Waals surface area contributed by atoms with E-state index in [9.17, 15) is 14.4 Å². The molecule has 4 rings (SSSR count). The fourth-order valence-electron chi connectivity index (χ4n) is 5.72. The summed E-state index contributed by atoms with van der Waals surface area (Å²) in [6.45, 7) is 11.9. The van der Waals surface area contributed by atoms with E-state index in [1.54, 1.807) is 19.1 Å². The molecule has 0 saturated carbocycles. The highest BCUT2D eigenvalue weighted by Crippen LogP contribution is 2.50. The third kappa shape index (κ3) is 7.18. The number of carbonyl (C=O) groups is 3. The van der Waals surface area contributed by atoms with Gasteiger partial charge in [0.2, 0.25) is 5.91 Å². The van der Waals surface area contributed by atoms with E-state index in [1.807, 2.05) is 98.5 Å². The zero-order valence-electron chi connectivity index (χ0n) is 25.9. The Bertz CT molecular complexity index is 1430. The van der Waals surface area contributed by atoms with E-state index in [0.717, 1.165) is 21.6 Å². The van der Waals surface area contributed by atoms with Gasteiger partial charge >= 0.3 is 12.1 Å². The molecule has 2 amide bonds. The highest BCUT2D eigenvalue weighted by atomic mass is 28.4. The van der Waals surface area contributed by atoms with E-state index in [-0.39, 0.29) is 26.2 Å². The molecule has 3 atom stereocenters. The summed E-state index contributed by atoms with van der Waals surface area (Å²) >= 11 is 0. The van der Waals surface area contributed by atoms with Crippen molar-refractivity contribution in [3.05, 3.63) is 120 Å². The van der Waals surface area contributed by atoms with E-state index in [4.69, 9.17) is 18.6 Å². The van der Waals surface area contributed by atoms with Crippen molar-refractivity contribution in [3.63, 3.8) is 0 Å². The Balaban J connectivity index is 1.70. The van der Waals surface area contributed by atoms with Crippen LogP contribution in [0.1, 0.15) is 30.0 Å². The first kappa shape index (κ1) is 32.9. The van der Waals surface area contributed by atoms with Crippen molar-refractivity contribution >= 4 is 26.3 Å². The predicted molar refractivity (Wildman–Crippen MR) is 170 cm³/mol. The Morgan fingerprint density at radius 2 is 1.30 bits per heavy atom. The van der Waals surface area contributed by atoms with Crippen LogP contribution in [0.25, 0.3) is 0 Å². The lowest BCUT2D eigenvalue weighted by atomic mass is 9.75. The molecular weight excluding hydrogens is 574 g/mol. The SMILES string of the molecule is C=C[C@@]1(C(=O)OCc2ccccc2)N(C(=O)OCc2ccccc2)C(=O)[C@H](CCOCc2ccccc2)[C@]1(C)O[Si](C)(C)C. The lowest BCUT2D eigenvalue weighted by Crippen LogP contribution is -2.66. The molecule has 1 fully saturated rings. The van der Waals surface area contributed by atoms with Gasteiger partial charge in [-0.05, 0) is 49.7 Å². The van der Waals surface area contributed by atoms with E-state index in [0.29, 0.717) is 6.61 Å². The normalized spacial score (nSPS) is 21.6. The summed E-state index contributed by atoms with van der Waals surface area (Å²) in [5.41, 5.74) is -1.05. The molecule has 0 aliphatic carbocycles. The highest BCUT2D eigenvalue weighted by molar-refractivity contribution is 6.69. The average molecular weight is 616 g/mol. The molecule has 1 saturated heterocycles. The molecule has 44 heavy (non-hydrogen) atoms. The van der Waals surface area contributed by atoms with Crippen molar-refractivity contribution < 1.29 is 33.0 Å². The van der Waals surface area contributed by atoms with Crippen LogP contribution in [0.2, 0.25) is 19.6 Å². The average Bonchev–Trinajstić information content (AvgIpc) is 3.19. The molecule has 1 aliphatic heterocycles. The summed E-state index contributed by atoms with van der Waals surface area (Å²) in [7, 11) is -2.47. The lowest BCUT2D eigenvalue weighted by molar-refractivity contribution is -0.165. The van der Waals surface area contributed by atoms with Gasteiger partial charge in [-0.2, -0.15) is 0 Å². The molecule has 0 aromatic heterocycles. The third-order valence-electron chi connectivity index (χ3n) is 7.68. The van der Waals surface area contributed by atoms with E-state index >= 15 is 0 Å². The quantitative estimate of drug-likeness (QED) is 0.0918. The maximum Gasteiger partial charge on any atom is 0.418 e. The number of imide groups is 1. The van der Waals surface area contributed by atoms with Crippen LogP contribution in [0, 0.1) is 5.92 Å². The first-order chi connectivity index (χ1) is 21.0. The fourth-order valence-corrected chi connectivity index (χ4v) is 7.29. The molecule has 8 nitrogen and oxygen atoms in total.